The van der Waals surface area contributed by atoms with Crippen molar-refractivity contribution in [2.45, 2.75) is 57.2 Å². The first-order chi connectivity index (χ1) is 8.99. The molecule has 5 atom stereocenters. The molecule has 3 fully saturated rings. The monoisotopic (exact) mass is 286 g/mol. The zero-order valence-corrected chi connectivity index (χ0v) is 12.4. The summed E-state index contributed by atoms with van der Waals surface area (Å²) in [5.74, 6) is 0.988. The van der Waals surface area contributed by atoms with E-state index >= 15 is 0 Å². The Morgan fingerprint density at radius 1 is 1.47 bits per heavy atom. The quantitative estimate of drug-likeness (QED) is 0.783. The van der Waals surface area contributed by atoms with E-state index in [4.69, 9.17) is 9.47 Å². The van der Waals surface area contributed by atoms with E-state index in [0.717, 1.165) is 11.5 Å². The summed E-state index contributed by atoms with van der Waals surface area (Å²) in [6, 6.07) is 0. The summed E-state index contributed by atoms with van der Waals surface area (Å²) in [7, 11) is 0. The van der Waals surface area contributed by atoms with Crippen LogP contribution in [0.15, 0.2) is 0 Å². The molecule has 0 aromatic heterocycles. The van der Waals surface area contributed by atoms with Crippen LogP contribution in [0.1, 0.15) is 39.5 Å². The molecule has 2 heterocycles. The van der Waals surface area contributed by atoms with Gasteiger partial charge in [0.2, 0.25) is 0 Å². The molecule has 0 unspecified atom stereocenters. The van der Waals surface area contributed by atoms with Gasteiger partial charge in [0.1, 0.15) is 11.4 Å². The van der Waals surface area contributed by atoms with Gasteiger partial charge in [-0.2, -0.15) is 11.8 Å². The fourth-order valence-electron chi connectivity index (χ4n) is 3.42. The molecule has 108 valence electrons. The number of thioether (sulfide) groups is 1. The predicted molar refractivity (Wildman–Crippen MR) is 72.8 cm³/mol. The van der Waals surface area contributed by atoms with Gasteiger partial charge in [0, 0.05) is 30.4 Å². The molecule has 3 aliphatic rings. The molecule has 2 aliphatic heterocycles. The molecule has 4 nitrogen and oxygen atoms in total. The molecular formula is C14H22O4S. The van der Waals surface area contributed by atoms with Crippen LogP contribution >= 0.6 is 11.8 Å². The fourth-order valence-corrected chi connectivity index (χ4v) is 4.74. The van der Waals surface area contributed by atoms with Crippen LogP contribution < -0.4 is 0 Å². The number of fused-ring (bicyclic) bond motifs is 2. The molecule has 1 aliphatic carbocycles. The minimum Gasteiger partial charge on any atom is -0.363 e. The Morgan fingerprint density at radius 2 is 2.26 bits per heavy atom. The number of carbonyl (C=O) groups excluding carboxylic acids is 1. The maximum atomic E-state index is 12.2. The van der Waals surface area contributed by atoms with Crippen molar-refractivity contribution in [3.05, 3.63) is 0 Å². The van der Waals surface area contributed by atoms with Gasteiger partial charge in [0.25, 0.3) is 0 Å². The summed E-state index contributed by atoms with van der Waals surface area (Å²) in [5.41, 5.74) is -0.839. The summed E-state index contributed by atoms with van der Waals surface area (Å²) in [5, 5.41) is 10.5. The second-order valence-electron chi connectivity index (χ2n) is 6.17. The number of unbranched alkanes of at least 4 members (excludes halogenated alkanes) is 1. The van der Waals surface area contributed by atoms with Gasteiger partial charge in [-0.1, -0.05) is 13.3 Å². The lowest BCUT2D eigenvalue weighted by molar-refractivity contribution is -0.266. The SMILES string of the molecule is CCCCSC[C@@H]1[C@@H]2O[C@]3(O)C[C@H]1C(=O)C[C@]3(C)O2. The van der Waals surface area contributed by atoms with Crippen molar-refractivity contribution in [1.29, 1.82) is 0 Å². The molecule has 19 heavy (non-hydrogen) atoms. The highest BCUT2D eigenvalue weighted by Crippen LogP contribution is 2.56. The molecule has 0 aromatic rings. The van der Waals surface area contributed by atoms with E-state index in [9.17, 15) is 9.90 Å². The average Bonchev–Trinajstić information content (AvgIpc) is 2.50. The summed E-state index contributed by atoms with van der Waals surface area (Å²) in [6.07, 6.45) is 2.66. The number of ketones is 1. The summed E-state index contributed by atoms with van der Waals surface area (Å²) < 4.78 is 11.6. The molecular weight excluding hydrogens is 264 g/mol. The molecule has 5 heteroatoms. The minimum absolute atomic E-state index is 0.0894. The molecule has 1 N–H and O–H groups in total. The number of hydrogen-bond donors (Lipinski definition) is 1. The van der Waals surface area contributed by atoms with Crippen LogP contribution in [0.2, 0.25) is 0 Å². The molecule has 1 saturated carbocycles. The third-order valence-electron chi connectivity index (χ3n) is 4.75. The van der Waals surface area contributed by atoms with Gasteiger partial charge in [-0.05, 0) is 19.1 Å². The number of rotatable bonds is 5. The number of ether oxygens (including phenoxy) is 2. The molecule has 3 rings (SSSR count). The van der Waals surface area contributed by atoms with Crippen LogP contribution in [-0.4, -0.2) is 40.1 Å². The van der Waals surface area contributed by atoms with E-state index < -0.39 is 17.7 Å². The number of hydrogen-bond acceptors (Lipinski definition) is 5. The molecule has 0 aromatic carbocycles. The Bertz CT molecular complexity index is 388. The smallest absolute Gasteiger partial charge is 0.198 e. The van der Waals surface area contributed by atoms with Crippen LogP contribution in [0.25, 0.3) is 0 Å². The lowest BCUT2D eigenvalue weighted by Crippen LogP contribution is -2.59. The first-order valence-corrected chi connectivity index (χ1v) is 8.33. The Labute approximate surface area is 118 Å². The minimum atomic E-state index is -1.25. The maximum absolute atomic E-state index is 12.2. The first kappa shape index (κ1) is 13.9. The van der Waals surface area contributed by atoms with Crippen LogP contribution in [0.4, 0.5) is 0 Å². The lowest BCUT2D eigenvalue weighted by atomic mass is 9.70. The van der Waals surface area contributed by atoms with Crippen LogP contribution in [0.5, 0.6) is 0 Å². The highest BCUT2D eigenvalue weighted by Gasteiger charge is 2.69. The summed E-state index contributed by atoms with van der Waals surface area (Å²) >= 11 is 1.87. The van der Waals surface area contributed by atoms with Crippen molar-refractivity contribution < 1.29 is 19.4 Å². The van der Waals surface area contributed by atoms with E-state index in [-0.39, 0.29) is 24.0 Å². The van der Waals surface area contributed by atoms with Gasteiger partial charge in [0.15, 0.2) is 12.1 Å². The highest BCUT2D eigenvalue weighted by molar-refractivity contribution is 7.99. The third kappa shape index (κ3) is 2.06. The first-order valence-electron chi connectivity index (χ1n) is 7.17. The van der Waals surface area contributed by atoms with E-state index in [1.54, 1.807) is 6.92 Å². The van der Waals surface area contributed by atoms with Crippen LogP contribution in [0.3, 0.4) is 0 Å². The lowest BCUT2D eigenvalue weighted by Gasteiger charge is -2.45. The van der Waals surface area contributed by atoms with Gasteiger partial charge >= 0.3 is 0 Å². The van der Waals surface area contributed by atoms with Gasteiger partial charge in [-0.15, -0.1) is 0 Å². The van der Waals surface area contributed by atoms with Gasteiger partial charge in [-0.3, -0.25) is 4.79 Å². The molecule has 0 amide bonds. The van der Waals surface area contributed by atoms with Crippen LogP contribution in [0, 0.1) is 11.8 Å². The zero-order valence-electron chi connectivity index (χ0n) is 11.6. The largest absolute Gasteiger partial charge is 0.363 e. The second kappa shape index (κ2) is 4.72. The maximum Gasteiger partial charge on any atom is 0.198 e. The highest BCUT2D eigenvalue weighted by atomic mass is 32.2. The third-order valence-corrected chi connectivity index (χ3v) is 5.95. The molecule has 3 bridgehead atoms. The van der Waals surface area contributed by atoms with Crippen molar-refractivity contribution in [2.75, 3.05) is 11.5 Å². The van der Waals surface area contributed by atoms with Gasteiger partial charge < -0.3 is 14.6 Å². The normalized spacial score (nSPS) is 47.9. The Balaban J connectivity index is 1.72. The van der Waals surface area contributed by atoms with Gasteiger partial charge in [-0.25, -0.2) is 0 Å². The predicted octanol–water partition coefficient (Wildman–Crippen LogP) is 1.95. The Kier molecular flexibility index (Phi) is 3.45. The molecule has 0 spiro atoms. The number of carbonyl (C=O) groups is 1. The topological polar surface area (TPSA) is 55.8 Å². The van der Waals surface area contributed by atoms with E-state index in [0.29, 0.717) is 6.42 Å². The van der Waals surface area contributed by atoms with Crippen molar-refractivity contribution in [1.82, 2.24) is 0 Å². The Hall–Kier alpha value is -0.100. The van der Waals surface area contributed by atoms with Crippen molar-refractivity contribution in [3.8, 4) is 0 Å². The van der Waals surface area contributed by atoms with Crippen molar-refractivity contribution in [2.24, 2.45) is 11.8 Å². The average molecular weight is 286 g/mol. The number of Topliss-reactive ketones (excluding diaryl/α,β-unsaturated/α-hetero) is 1. The van der Waals surface area contributed by atoms with E-state index in [2.05, 4.69) is 6.92 Å². The molecule has 2 saturated heterocycles. The fraction of sp³-hybridized carbons (Fsp3) is 0.929. The van der Waals surface area contributed by atoms with Crippen LogP contribution in [-0.2, 0) is 14.3 Å². The zero-order chi connectivity index (χ0) is 13.7. The van der Waals surface area contributed by atoms with E-state index in [1.807, 2.05) is 11.8 Å². The van der Waals surface area contributed by atoms with Gasteiger partial charge in [0.05, 0.1) is 0 Å². The Morgan fingerprint density at radius 3 is 3.00 bits per heavy atom. The van der Waals surface area contributed by atoms with Crippen molar-refractivity contribution in [3.63, 3.8) is 0 Å². The summed E-state index contributed by atoms with van der Waals surface area (Å²) in [6.45, 7) is 3.98. The molecule has 0 radical (unpaired) electrons. The second-order valence-corrected chi connectivity index (χ2v) is 7.32. The number of aliphatic hydroxyl groups is 1. The van der Waals surface area contributed by atoms with Crippen molar-refractivity contribution >= 4 is 17.5 Å². The van der Waals surface area contributed by atoms with E-state index in [1.165, 1.54) is 12.8 Å². The standard InChI is InChI=1S/C14H22O4S/c1-3-4-5-19-8-10-9-6-14(16)13(2,7-11(9)15)17-12(10)18-14/h9-10,12,16H,3-8H2,1-2H3/t9-,10+,12+,13+,14-/m1/s1. The summed E-state index contributed by atoms with van der Waals surface area (Å²) in [4.78, 5) is 12.2.